The molecule has 172 valence electrons. The van der Waals surface area contributed by atoms with E-state index in [0.29, 0.717) is 24.3 Å². The third kappa shape index (κ3) is 5.11. The van der Waals surface area contributed by atoms with Crippen LogP contribution in [-0.2, 0) is 16.4 Å². The van der Waals surface area contributed by atoms with Crippen molar-refractivity contribution in [3.8, 4) is 5.75 Å². The van der Waals surface area contributed by atoms with Crippen LogP contribution < -0.4 is 14.4 Å². The van der Waals surface area contributed by atoms with Crippen LogP contribution in [0.2, 0.25) is 0 Å². The molecule has 0 spiro atoms. The van der Waals surface area contributed by atoms with E-state index in [0.717, 1.165) is 5.56 Å². The Kier molecular flexibility index (Phi) is 6.03. The van der Waals surface area contributed by atoms with Gasteiger partial charge in [0.2, 0.25) is 0 Å². The zero-order valence-corrected chi connectivity index (χ0v) is 18.0. The van der Waals surface area contributed by atoms with Gasteiger partial charge in [0.1, 0.15) is 5.75 Å². The highest BCUT2D eigenvalue weighted by molar-refractivity contribution is 7.92. The Balaban J connectivity index is 1.48. The third-order valence-corrected chi connectivity index (χ3v) is 6.85. The van der Waals surface area contributed by atoms with Crippen molar-refractivity contribution in [3.05, 3.63) is 83.9 Å². The van der Waals surface area contributed by atoms with Crippen molar-refractivity contribution in [3.63, 3.8) is 0 Å². The van der Waals surface area contributed by atoms with Gasteiger partial charge in [0.15, 0.2) is 6.61 Å². The molecule has 6 nitrogen and oxygen atoms in total. The Bertz CT molecular complexity index is 1280. The Labute approximate surface area is 188 Å². The quantitative estimate of drug-likeness (QED) is 0.563. The number of carbonyl (C=O) groups is 1. The highest BCUT2D eigenvalue weighted by atomic mass is 32.2. The van der Waals surface area contributed by atoms with Crippen molar-refractivity contribution in [1.82, 2.24) is 0 Å². The number of anilines is 2. The summed E-state index contributed by atoms with van der Waals surface area (Å²) < 4.78 is 69.1. The first-order valence-electron chi connectivity index (χ1n) is 9.95. The first-order valence-corrected chi connectivity index (χ1v) is 11.4. The highest BCUT2D eigenvalue weighted by Crippen LogP contribution is 2.33. The molecule has 1 heterocycles. The molecule has 4 rings (SSSR count). The predicted molar refractivity (Wildman–Crippen MR) is 117 cm³/mol. The smallest absolute Gasteiger partial charge is 0.422 e. The minimum absolute atomic E-state index is 0.00399. The second-order valence-corrected chi connectivity index (χ2v) is 9.23. The summed E-state index contributed by atoms with van der Waals surface area (Å²) in [6.45, 7) is -1.09. The molecule has 0 aromatic heterocycles. The van der Waals surface area contributed by atoms with Gasteiger partial charge in [0.25, 0.3) is 15.9 Å². The summed E-state index contributed by atoms with van der Waals surface area (Å²) in [6.07, 6.45) is -3.84. The topological polar surface area (TPSA) is 75.7 Å². The van der Waals surface area contributed by atoms with Crippen LogP contribution in [0.25, 0.3) is 0 Å². The van der Waals surface area contributed by atoms with E-state index in [1.165, 1.54) is 52.8 Å². The first kappa shape index (κ1) is 22.7. The Hall–Kier alpha value is -3.53. The zero-order chi connectivity index (χ0) is 23.6. The van der Waals surface area contributed by atoms with E-state index in [9.17, 15) is 26.4 Å². The van der Waals surface area contributed by atoms with Crippen molar-refractivity contribution in [2.24, 2.45) is 0 Å². The molecule has 3 aromatic carbocycles. The Morgan fingerprint density at radius 2 is 1.73 bits per heavy atom. The number of hydrogen-bond donors (Lipinski definition) is 1. The second kappa shape index (κ2) is 8.78. The second-order valence-electron chi connectivity index (χ2n) is 7.37. The molecule has 1 aliphatic rings. The molecule has 0 saturated carbocycles. The van der Waals surface area contributed by atoms with Gasteiger partial charge >= 0.3 is 6.18 Å². The molecule has 1 N–H and O–H groups in total. The van der Waals surface area contributed by atoms with Crippen molar-refractivity contribution in [1.29, 1.82) is 0 Å². The SMILES string of the molecule is O=C(Nc1ccc(OCC(F)(F)F)cc1)c1cccc(S(=O)(=O)N2CCc3ccccc32)c1. The molecule has 0 radical (unpaired) electrons. The summed E-state index contributed by atoms with van der Waals surface area (Å²) in [6, 6.07) is 18.3. The van der Waals surface area contributed by atoms with Gasteiger partial charge in [-0.1, -0.05) is 24.3 Å². The van der Waals surface area contributed by atoms with Gasteiger partial charge in [-0.05, 0) is 60.5 Å². The van der Waals surface area contributed by atoms with E-state index < -0.39 is 28.7 Å². The van der Waals surface area contributed by atoms with Gasteiger partial charge < -0.3 is 10.1 Å². The molecular formula is C23H19F3N2O4S. The average molecular weight is 476 g/mol. The number of ether oxygens (including phenoxy) is 1. The molecule has 33 heavy (non-hydrogen) atoms. The van der Waals surface area contributed by atoms with Gasteiger partial charge in [-0.25, -0.2) is 8.42 Å². The number of sulfonamides is 1. The van der Waals surface area contributed by atoms with Gasteiger partial charge in [-0.2, -0.15) is 13.2 Å². The molecule has 0 fully saturated rings. The number of benzene rings is 3. The fourth-order valence-corrected chi connectivity index (χ4v) is 5.04. The number of amides is 1. The maximum absolute atomic E-state index is 13.2. The van der Waals surface area contributed by atoms with Crippen LogP contribution in [0.1, 0.15) is 15.9 Å². The lowest BCUT2D eigenvalue weighted by Crippen LogP contribution is -2.29. The van der Waals surface area contributed by atoms with E-state index in [1.807, 2.05) is 12.1 Å². The van der Waals surface area contributed by atoms with Crippen molar-refractivity contribution in [2.45, 2.75) is 17.5 Å². The molecule has 0 unspecified atom stereocenters. The van der Waals surface area contributed by atoms with Crippen molar-refractivity contribution >= 4 is 27.3 Å². The van der Waals surface area contributed by atoms with E-state index in [1.54, 1.807) is 12.1 Å². The number of fused-ring (bicyclic) bond motifs is 1. The average Bonchev–Trinajstić information content (AvgIpc) is 3.23. The van der Waals surface area contributed by atoms with Crippen molar-refractivity contribution in [2.75, 3.05) is 22.8 Å². The molecule has 0 atom stereocenters. The third-order valence-electron chi connectivity index (χ3n) is 5.04. The molecule has 3 aromatic rings. The van der Waals surface area contributed by atoms with Crippen LogP contribution in [0.5, 0.6) is 5.75 Å². The van der Waals surface area contributed by atoms with Crippen LogP contribution in [0, 0.1) is 0 Å². The monoisotopic (exact) mass is 476 g/mol. The maximum Gasteiger partial charge on any atom is 0.422 e. The van der Waals surface area contributed by atoms with Gasteiger partial charge in [0.05, 0.1) is 10.6 Å². The molecule has 0 bridgehead atoms. The molecule has 0 aliphatic carbocycles. The largest absolute Gasteiger partial charge is 0.484 e. The number of halogens is 3. The molecule has 1 amide bonds. The highest BCUT2D eigenvalue weighted by Gasteiger charge is 2.31. The number of nitrogens with zero attached hydrogens (tertiary/aromatic N) is 1. The number of rotatable bonds is 6. The van der Waals surface area contributed by atoms with Crippen LogP contribution >= 0.6 is 0 Å². The molecule has 10 heteroatoms. The lowest BCUT2D eigenvalue weighted by molar-refractivity contribution is -0.153. The van der Waals surface area contributed by atoms with Crippen molar-refractivity contribution < 1.29 is 31.1 Å². The van der Waals surface area contributed by atoms with E-state index in [4.69, 9.17) is 0 Å². The normalized spacial score (nSPS) is 13.5. The molecule has 0 saturated heterocycles. The Morgan fingerprint density at radius 1 is 1.00 bits per heavy atom. The number of nitrogens with one attached hydrogen (secondary N) is 1. The maximum atomic E-state index is 13.2. The standard InChI is InChI=1S/C23H19F3N2O4S/c24-23(25,26)15-32-19-10-8-18(9-11-19)27-22(29)17-5-3-6-20(14-17)33(30,31)28-13-12-16-4-1-2-7-21(16)28/h1-11,14H,12-13,15H2,(H,27,29). The van der Waals surface area contributed by atoms with Crippen LogP contribution in [0.3, 0.4) is 0 Å². The summed E-state index contributed by atoms with van der Waals surface area (Å²) >= 11 is 0. The zero-order valence-electron chi connectivity index (χ0n) is 17.2. The van der Waals surface area contributed by atoms with Gasteiger partial charge in [-0.15, -0.1) is 0 Å². The lowest BCUT2D eigenvalue weighted by Gasteiger charge is -2.20. The molecular weight excluding hydrogens is 457 g/mol. The minimum Gasteiger partial charge on any atom is -0.484 e. The van der Waals surface area contributed by atoms with E-state index in [2.05, 4.69) is 10.1 Å². The Morgan fingerprint density at radius 3 is 2.45 bits per heavy atom. The summed E-state index contributed by atoms with van der Waals surface area (Å²) in [5.41, 5.74) is 2.01. The fourth-order valence-electron chi connectivity index (χ4n) is 3.49. The number of para-hydroxylation sites is 1. The lowest BCUT2D eigenvalue weighted by atomic mass is 10.2. The van der Waals surface area contributed by atoms with Gasteiger partial charge in [-0.3, -0.25) is 9.10 Å². The number of alkyl halides is 3. The summed E-state index contributed by atoms with van der Waals surface area (Å²) in [5.74, 6) is -0.554. The summed E-state index contributed by atoms with van der Waals surface area (Å²) in [4.78, 5) is 12.6. The van der Waals surface area contributed by atoms with Gasteiger partial charge in [0, 0.05) is 17.8 Å². The van der Waals surface area contributed by atoms with Crippen LogP contribution in [0.4, 0.5) is 24.5 Å². The van der Waals surface area contributed by atoms with Crippen LogP contribution in [0.15, 0.2) is 77.7 Å². The van der Waals surface area contributed by atoms with E-state index in [-0.39, 0.29) is 16.2 Å². The predicted octanol–water partition coefficient (Wildman–Crippen LogP) is 4.63. The van der Waals surface area contributed by atoms with Crippen LogP contribution in [-0.4, -0.2) is 33.7 Å². The van der Waals surface area contributed by atoms with E-state index >= 15 is 0 Å². The summed E-state index contributed by atoms with van der Waals surface area (Å²) in [7, 11) is -3.86. The molecule has 1 aliphatic heterocycles. The summed E-state index contributed by atoms with van der Waals surface area (Å²) in [5, 5.41) is 2.60. The fraction of sp³-hybridized carbons (Fsp3) is 0.174. The first-order chi connectivity index (χ1) is 15.6. The minimum atomic E-state index is -4.45. The number of carbonyl (C=O) groups excluding carboxylic acids is 1. The number of hydrogen-bond acceptors (Lipinski definition) is 4.